The zero-order valence-corrected chi connectivity index (χ0v) is 10.7. The summed E-state index contributed by atoms with van der Waals surface area (Å²) in [6.45, 7) is -0.226. The van der Waals surface area contributed by atoms with Crippen LogP contribution in [0.15, 0.2) is 24.3 Å². The number of fused-ring (bicyclic) bond motifs is 1. The normalized spacial score (nSPS) is 14.4. The number of rotatable bonds is 4. The van der Waals surface area contributed by atoms with Gasteiger partial charge in [0.2, 0.25) is 0 Å². The van der Waals surface area contributed by atoms with Crippen molar-refractivity contribution in [2.45, 2.75) is 0 Å². The van der Waals surface area contributed by atoms with E-state index >= 15 is 0 Å². The number of imide groups is 1. The van der Waals surface area contributed by atoms with E-state index in [4.69, 9.17) is 5.26 Å². The Balaban J connectivity index is 2.16. The fourth-order valence-electron chi connectivity index (χ4n) is 1.84. The Morgan fingerprint density at radius 3 is 2.11 bits per heavy atom. The summed E-state index contributed by atoms with van der Waals surface area (Å²) < 4.78 is 22.8. The number of nitriles is 1. The van der Waals surface area contributed by atoms with Crippen molar-refractivity contribution in [2.24, 2.45) is 0 Å². The molecule has 0 atom stereocenters. The van der Waals surface area contributed by atoms with Gasteiger partial charge in [0.1, 0.15) is 5.75 Å². The summed E-state index contributed by atoms with van der Waals surface area (Å²) in [5.74, 6) is -2.00. The zero-order chi connectivity index (χ0) is 14.0. The van der Waals surface area contributed by atoms with E-state index in [0.717, 1.165) is 4.90 Å². The highest BCUT2D eigenvalue weighted by Gasteiger charge is 2.35. The molecule has 0 fully saturated rings. The molecule has 0 saturated carbocycles. The molecule has 0 radical (unpaired) electrons. The summed E-state index contributed by atoms with van der Waals surface area (Å²) in [5, 5.41) is 8.36. The van der Waals surface area contributed by atoms with Crippen LogP contribution in [-0.4, -0.2) is 43.2 Å². The van der Waals surface area contributed by atoms with Crippen LogP contribution < -0.4 is 0 Å². The highest BCUT2D eigenvalue weighted by atomic mass is 32.2. The smallest absolute Gasteiger partial charge is 0.261 e. The van der Waals surface area contributed by atoms with E-state index in [9.17, 15) is 18.0 Å². The van der Waals surface area contributed by atoms with Gasteiger partial charge in [-0.15, -0.1) is 0 Å². The lowest BCUT2D eigenvalue weighted by molar-refractivity contribution is 0.0664. The second-order valence-corrected chi connectivity index (χ2v) is 6.24. The molecule has 6 nitrogen and oxygen atoms in total. The van der Waals surface area contributed by atoms with Crippen LogP contribution in [0, 0.1) is 11.3 Å². The summed E-state index contributed by atoms with van der Waals surface area (Å²) in [7, 11) is -3.56. The number of hydrogen-bond donors (Lipinski definition) is 0. The number of carbonyl (C=O) groups is 2. The lowest BCUT2D eigenvalue weighted by Gasteiger charge is -2.12. The zero-order valence-electron chi connectivity index (χ0n) is 9.87. The quantitative estimate of drug-likeness (QED) is 0.734. The maximum absolute atomic E-state index is 11.9. The Morgan fingerprint density at radius 2 is 1.63 bits per heavy atom. The molecule has 1 aromatic carbocycles. The molecule has 2 amide bonds. The minimum atomic E-state index is -3.56. The molecule has 2 rings (SSSR count). The van der Waals surface area contributed by atoms with Gasteiger partial charge in [-0.1, -0.05) is 12.1 Å². The van der Waals surface area contributed by atoms with Crippen molar-refractivity contribution in [1.29, 1.82) is 5.26 Å². The standard InChI is InChI=1S/C12H10N2O4S/c13-5-7-19(17,18)8-6-14-11(15)9-3-1-2-4-10(9)12(14)16/h1-4H,6-8H2. The average molecular weight is 278 g/mol. The van der Waals surface area contributed by atoms with Crippen molar-refractivity contribution in [3.63, 3.8) is 0 Å². The van der Waals surface area contributed by atoms with Gasteiger partial charge in [0.15, 0.2) is 9.84 Å². The number of sulfone groups is 1. The monoisotopic (exact) mass is 278 g/mol. The Morgan fingerprint density at radius 1 is 1.11 bits per heavy atom. The fourth-order valence-corrected chi connectivity index (χ4v) is 2.64. The highest BCUT2D eigenvalue weighted by molar-refractivity contribution is 7.91. The van der Waals surface area contributed by atoms with E-state index in [0.29, 0.717) is 0 Å². The van der Waals surface area contributed by atoms with Crippen LogP contribution in [0.2, 0.25) is 0 Å². The molecule has 0 aromatic heterocycles. The molecule has 1 heterocycles. The van der Waals surface area contributed by atoms with Crippen LogP contribution in [0.5, 0.6) is 0 Å². The molecule has 0 unspecified atom stereocenters. The van der Waals surface area contributed by atoms with Crippen molar-refractivity contribution in [2.75, 3.05) is 18.1 Å². The topological polar surface area (TPSA) is 95.3 Å². The summed E-state index contributed by atoms with van der Waals surface area (Å²) in [6.07, 6.45) is 0. The van der Waals surface area contributed by atoms with Gasteiger partial charge in [0.05, 0.1) is 22.9 Å². The Kier molecular flexibility index (Phi) is 3.36. The van der Waals surface area contributed by atoms with Gasteiger partial charge in [-0.05, 0) is 12.1 Å². The van der Waals surface area contributed by atoms with Crippen molar-refractivity contribution in [3.8, 4) is 6.07 Å². The molecule has 0 bridgehead atoms. The number of carbonyl (C=O) groups excluding carboxylic acids is 2. The van der Waals surface area contributed by atoms with Crippen molar-refractivity contribution in [3.05, 3.63) is 35.4 Å². The van der Waals surface area contributed by atoms with E-state index in [1.807, 2.05) is 0 Å². The lowest BCUT2D eigenvalue weighted by atomic mass is 10.1. The van der Waals surface area contributed by atoms with Crippen molar-refractivity contribution < 1.29 is 18.0 Å². The predicted molar refractivity (Wildman–Crippen MR) is 66.1 cm³/mol. The number of amides is 2. The maximum atomic E-state index is 11.9. The Hall–Kier alpha value is -2.20. The maximum Gasteiger partial charge on any atom is 0.261 e. The third-order valence-corrected chi connectivity index (χ3v) is 4.16. The molecule has 0 spiro atoms. The van der Waals surface area contributed by atoms with Gasteiger partial charge in [0, 0.05) is 6.54 Å². The van der Waals surface area contributed by atoms with E-state index in [-0.39, 0.29) is 17.7 Å². The van der Waals surface area contributed by atoms with Crippen molar-refractivity contribution in [1.82, 2.24) is 4.90 Å². The molecule has 1 aromatic rings. The summed E-state index contributed by atoms with van der Waals surface area (Å²) in [4.78, 5) is 24.8. The van der Waals surface area contributed by atoms with Crippen molar-refractivity contribution >= 4 is 21.7 Å². The molecule has 0 N–H and O–H groups in total. The van der Waals surface area contributed by atoms with Gasteiger partial charge in [0.25, 0.3) is 11.8 Å². The van der Waals surface area contributed by atoms with Crippen LogP contribution >= 0.6 is 0 Å². The third kappa shape index (κ3) is 2.48. The molecule has 0 aliphatic carbocycles. The first-order valence-electron chi connectivity index (χ1n) is 5.49. The average Bonchev–Trinajstić information content (AvgIpc) is 2.61. The van der Waals surface area contributed by atoms with Gasteiger partial charge >= 0.3 is 0 Å². The third-order valence-electron chi connectivity index (χ3n) is 2.79. The van der Waals surface area contributed by atoms with Gasteiger partial charge in [-0.3, -0.25) is 14.5 Å². The summed E-state index contributed by atoms with van der Waals surface area (Å²) in [6, 6.07) is 7.88. The van der Waals surface area contributed by atoms with E-state index < -0.39 is 33.2 Å². The van der Waals surface area contributed by atoms with Crippen LogP contribution in [0.25, 0.3) is 0 Å². The fraction of sp³-hybridized carbons (Fsp3) is 0.250. The number of hydrogen-bond acceptors (Lipinski definition) is 5. The van der Waals surface area contributed by atoms with Crippen LogP contribution in [0.4, 0.5) is 0 Å². The Labute approximate surface area is 110 Å². The second-order valence-electron chi connectivity index (χ2n) is 4.06. The largest absolute Gasteiger partial charge is 0.273 e. The first-order chi connectivity index (χ1) is 8.96. The van der Waals surface area contributed by atoms with E-state index in [1.54, 1.807) is 18.2 Å². The second kappa shape index (κ2) is 4.82. The first-order valence-corrected chi connectivity index (χ1v) is 7.31. The molecule has 1 aliphatic heterocycles. The molecule has 98 valence electrons. The lowest BCUT2D eigenvalue weighted by Crippen LogP contribution is -2.34. The van der Waals surface area contributed by atoms with E-state index in [1.165, 1.54) is 12.1 Å². The highest BCUT2D eigenvalue weighted by Crippen LogP contribution is 2.22. The van der Waals surface area contributed by atoms with Gasteiger partial charge < -0.3 is 0 Å². The molecule has 19 heavy (non-hydrogen) atoms. The summed E-state index contributed by atoms with van der Waals surface area (Å²) in [5.41, 5.74) is 0.565. The van der Waals surface area contributed by atoms with Crippen LogP contribution in [0.1, 0.15) is 20.7 Å². The van der Waals surface area contributed by atoms with Gasteiger partial charge in [-0.2, -0.15) is 5.26 Å². The van der Waals surface area contributed by atoms with E-state index in [2.05, 4.69) is 0 Å². The van der Waals surface area contributed by atoms with Crippen LogP contribution in [0.3, 0.4) is 0 Å². The first kappa shape index (κ1) is 13.2. The number of benzene rings is 1. The molecule has 7 heteroatoms. The minimum absolute atomic E-state index is 0.226. The molecular formula is C12H10N2O4S. The van der Waals surface area contributed by atoms with Crippen LogP contribution in [-0.2, 0) is 9.84 Å². The molecule has 1 aliphatic rings. The minimum Gasteiger partial charge on any atom is -0.273 e. The molecule has 0 saturated heterocycles. The Bertz CT molecular complexity index is 653. The summed E-state index contributed by atoms with van der Waals surface area (Å²) >= 11 is 0. The van der Waals surface area contributed by atoms with Gasteiger partial charge in [-0.25, -0.2) is 8.42 Å². The SMILES string of the molecule is N#CCS(=O)(=O)CCN1C(=O)c2ccccc2C1=O. The predicted octanol–water partition coefficient (Wildman–Crippen LogP) is 0.221. The molecular weight excluding hydrogens is 268 g/mol. The number of nitrogens with zero attached hydrogens (tertiary/aromatic N) is 2.